The standard InChI is InChI=1S/C17H19NO4/c1-11-9-13(21-3)6-7-14(11)17(20)18-12(2)10-15(19)16-5-4-8-22-16/h4-9,12H,10H2,1-3H3,(H,18,20)/t12-/m1/s1. The SMILES string of the molecule is COc1ccc(C(=O)N[C@H](C)CC(=O)c2ccco2)c(C)c1. The number of methoxy groups -OCH3 is 1. The Morgan fingerprint density at radius 3 is 2.68 bits per heavy atom. The fourth-order valence-electron chi connectivity index (χ4n) is 2.19. The van der Waals surface area contributed by atoms with Crippen LogP contribution in [0.4, 0.5) is 0 Å². The predicted octanol–water partition coefficient (Wildman–Crippen LogP) is 2.99. The lowest BCUT2D eigenvalue weighted by atomic mass is 10.1. The van der Waals surface area contributed by atoms with Gasteiger partial charge in [-0.1, -0.05) is 0 Å². The van der Waals surface area contributed by atoms with E-state index < -0.39 is 0 Å². The molecule has 0 bridgehead atoms. The van der Waals surface area contributed by atoms with Gasteiger partial charge in [-0.15, -0.1) is 0 Å². The number of furan rings is 1. The molecule has 1 amide bonds. The van der Waals surface area contributed by atoms with E-state index in [1.165, 1.54) is 6.26 Å². The Morgan fingerprint density at radius 2 is 2.09 bits per heavy atom. The van der Waals surface area contributed by atoms with Gasteiger partial charge in [0.05, 0.1) is 13.4 Å². The van der Waals surface area contributed by atoms with E-state index in [2.05, 4.69) is 5.32 Å². The fraction of sp³-hybridized carbons (Fsp3) is 0.294. The highest BCUT2D eigenvalue weighted by molar-refractivity contribution is 5.97. The maximum Gasteiger partial charge on any atom is 0.251 e. The first-order valence-corrected chi connectivity index (χ1v) is 7.03. The zero-order valence-electron chi connectivity index (χ0n) is 12.9. The van der Waals surface area contributed by atoms with Crippen molar-refractivity contribution < 1.29 is 18.7 Å². The lowest BCUT2D eigenvalue weighted by Gasteiger charge is -2.14. The molecule has 0 saturated carbocycles. The number of Topliss-reactive ketones (excluding diaryl/α,β-unsaturated/α-hetero) is 1. The van der Waals surface area contributed by atoms with Crippen molar-refractivity contribution in [3.63, 3.8) is 0 Å². The zero-order chi connectivity index (χ0) is 16.1. The molecule has 1 N–H and O–H groups in total. The van der Waals surface area contributed by atoms with Crippen molar-refractivity contribution in [1.82, 2.24) is 5.32 Å². The second kappa shape index (κ2) is 6.93. The number of aryl methyl sites for hydroxylation is 1. The molecule has 22 heavy (non-hydrogen) atoms. The lowest BCUT2D eigenvalue weighted by molar-refractivity contribution is 0.0907. The quantitative estimate of drug-likeness (QED) is 0.833. The molecule has 0 aliphatic heterocycles. The predicted molar refractivity (Wildman–Crippen MR) is 82.3 cm³/mol. The summed E-state index contributed by atoms with van der Waals surface area (Å²) in [5, 5.41) is 2.83. The smallest absolute Gasteiger partial charge is 0.251 e. The molecule has 1 atom stereocenters. The summed E-state index contributed by atoms with van der Waals surface area (Å²) >= 11 is 0. The molecule has 0 radical (unpaired) electrons. The maximum atomic E-state index is 12.3. The molecule has 0 saturated heterocycles. The van der Waals surface area contributed by atoms with Gasteiger partial charge in [0.15, 0.2) is 11.5 Å². The number of carbonyl (C=O) groups excluding carboxylic acids is 2. The van der Waals surface area contributed by atoms with Crippen molar-refractivity contribution in [3.05, 3.63) is 53.5 Å². The summed E-state index contributed by atoms with van der Waals surface area (Å²) in [6.45, 7) is 3.63. The van der Waals surface area contributed by atoms with Crippen molar-refractivity contribution in [2.75, 3.05) is 7.11 Å². The Labute approximate surface area is 129 Å². The first-order chi connectivity index (χ1) is 10.5. The summed E-state index contributed by atoms with van der Waals surface area (Å²) in [5.41, 5.74) is 1.39. The van der Waals surface area contributed by atoms with Crippen LogP contribution in [-0.2, 0) is 0 Å². The van der Waals surface area contributed by atoms with E-state index in [4.69, 9.17) is 9.15 Å². The molecular weight excluding hydrogens is 282 g/mol. The summed E-state index contributed by atoms with van der Waals surface area (Å²) in [6, 6.07) is 8.24. The van der Waals surface area contributed by atoms with E-state index in [0.717, 1.165) is 5.56 Å². The molecule has 1 aromatic carbocycles. The minimum atomic E-state index is -0.286. The Kier molecular flexibility index (Phi) is 4.99. The topological polar surface area (TPSA) is 68.5 Å². The van der Waals surface area contributed by atoms with Gasteiger partial charge in [0, 0.05) is 18.0 Å². The van der Waals surface area contributed by atoms with E-state index in [1.807, 2.05) is 6.92 Å². The van der Waals surface area contributed by atoms with Crippen LogP contribution in [0.3, 0.4) is 0 Å². The van der Waals surface area contributed by atoms with Gasteiger partial charge in [-0.3, -0.25) is 9.59 Å². The molecule has 116 valence electrons. The van der Waals surface area contributed by atoms with Crippen molar-refractivity contribution in [1.29, 1.82) is 0 Å². The number of amides is 1. The van der Waals surface area contributed by atoms with Gasteiger partial charge in [-0.25, -0.2) is 0 Å². The third kappa shape index (κ3) is 3.75. The molecule has 1 heterocycles. The number of rotatable bonds is 6. The van der Waals surface area contributed by atoms with Gasteiger partial charge in [0.1, 0.15) is 5.75 Å². The third-order valence-corrected chi connectivity index (χ3v) is 3.34. The first kappa shape index (κ1) is 15.8. The summed E-state index contributed by atoms with van der Waals surface area (Å²) in [6.07, 6.45) is 1.64. The molecule has 2 rings (SSSR count). The number of carbonyl (C=O) groups is 2. The molecule has 0 spiro atoms. The summed E-state index contributed by atoms with van der Waals surface area (Å²) in [5.74, 6) is 0.668. The van der Waals surface area contributed by atoms with Gasteiger partial charge >= 0.3 is 0 Å². The molecule has 0 unspecified atom stereocenters. The van der Waals surface area contributed by atoms with Crippen LogP contribution in [0.1, 0.15) is 39.8 Å². The molecule has 2 aromatic rings. The summed E-state index contributed by atoms with van der Waals surface area (Å²) in [7, 11) is 1.58. The van der Waals surface area contributed by atoms with Gasteiger partial charge < -0.3 is 14.5 Å². The largest absolute Gasteiger partial charge is 0.497 e. The number of hydrogen-bond acceptors (Lipinski definition) is 4. The van der Waals surface area contributed by atoms with E-state index >= 15 is 0 Å². The molecule has 1 aromatic heterocycles. The normalized spacial score (nSPS) is 11.8. The maximum absolute atomic E-state index is 12.3. The number of ether oxygens (including phenoxy) is 1. The first-order valence-electron chi connectivity index (χ1n) is 7.03. The van der Waals surface area contributed by atoms with Crippen molar-refractivity contribution in [2.24, 2.45) is 0 Å². The molecule has 0 aliphatic rings. The monoisotopic (exact) mass is 301 g/mol. The lowest BCUT2D eigenvalue weighted by Crippen LogP contribution is -2.34. The van der Waals surface area contributed by atoms with Gasteiger partial charge in [-0.05, 0) is 49.7 Å². The molecule has 0 fully saturated rings. The number of ketones is 1. The van der Waals surface area contributed by atoms with E-state index in [0.29, 0.717) is 17.1 Å². The van der Waals surface area contributed by atoms with E-state index in [9.17, 15) is 9.59 Å². The second-order valence-electron chi connectivity index (χ2n) is 5.16. The Hall–Kier alpha value is -2.56. The Morgan fingerprint density at radius 1 is 1.32 bits per heavy atom. The van der Waals surface area contributed by atoms with Gasteiger partial charge in [0.2, 0.25) is 0 Å². The van der Waals surface area contributed by atoms with Crippen LogP contribution in [0.25, 0.3) is 0 Å². The Balaban J connectivity index is 1.98. The van der Waals surface area contributed by atoms with Crippen LogP contribution in [0.2, 0.25) is 0 Å². The Bertz CT molecular complexity index is 661. The van der Waals surface area contributed by atoms with Crippen LogP contribution in [0.15, 0.2) is 41.0 Å². The third-order valence-electron chi connectivity index (χ3n) is 3.34. The van der Waals surface area contributed by atoms with Gasteiger partial charge in [0.25, 0.3) is 5.91 Å². The van der Waals surface area contributed by atoms with Crippen LogP contribution in [0, 0.1) is 6.92 Å². The second-order valence-corrected chi connectivity index (χ2v) is 5.16. The fourth-order valence-corrected chi connectivity index (χ4v) is 2.19. The summed E-state index contributed by atoms with van der Waals surface area (Å²) in [4.78, 5) is 24.2. The van der Waals surface area contributed by atoms with E-state index in [-0.39, 0.29) is 24.2 Å². The van der Waals surface area contributed by atoms with Crippen LogP contribution in [0.5, 0.6) is 5.75 Å². The van der Waals surface area contributed by atoms with Crippen LogP contribution >= 0.6 is 0 Å². The molecule has 0 aliphatic carbocycles. The highest BCUT2D eigenvalue weighted by Gasteiger charge is 2.17. The zero-order valence-corrected chi connectivity index (χ0v) is 12.9. The van der Waals surface area contributed by atoms with Crippen molar-refractivity contribution >= 4 is 11.7 Å². The number of benzene rings is 1. The molecule has 5 nitrogen and oxygen atoms in total. The van der Waals surface area contributed by atoms with Crippen LogP contribution in [-0.4, -0.2) is 24.8 Å². The summed E-state index contributed by atoms with van der Waals surface area (Å²) < 4.78 is 10.2. The molecular formula is C17H19NO4. The minimum Gasteiger partial charge on any atom is -0.497 e. The van der Waals surface area contributed by atoms with E-state index in [1.54, 1.807) is 44.4 Å². The number of nitrogens with one attached hydrogen (secondary N) is 1. The molecule has 5 heteroatoms. The minimum absolute atomic E-state index is 0.135. The van der Waals surface area contributed by atoms with Crippen LogP contribution < -0.4 is 10.1 Å². The average Bonchev–Trinajstić information content (AvgIpc) is 3.00. The van der Waals surface area contributed by atoms with Gasteiger partial charge in [-0.2, -0.15) is 0 Å². The van der Waals surface area contributed by atoms with Crippen molar-refractivity contribution in [3.8, 4) is 5.75 Å². The average molecular weight is 301 g/mol. The highest BCUT2D eigenvalue weighted by atomic mass is 16.5. The van der Waals surface area contributed by atoms with Crippen molar-refractivity contribution in [2.45, 2.75) is 26.3 Å². The highest BCUT2D eigenvalue weighted by Crippen LogP contribution is 2.17. The number of hydrogen-bond donors (Lipinski definition) is 1.